The SMILES string of the molecule is CCCCC1=CC[C]([Hf][CH]2C(P(C)C)=Cc3ccccc32)=C1C. The van der Waals surface area contributed by atoms with Gasteiger partial charge in [-0.05, 0) is 0 Å². The van der Waals surface area contributed by atoms with Gasteiger partial charge in [-0.1, -0.05) is 0 Å². The second-order valence-electron chi connectivity index (χ2n) is 6.81. The van der Waals surface area contributed by atoms with Crippen LogP contribution in [-0.2, 0) is 22.9 Å². The van der Waals surface area contributed by atoms with Gasteiger partial charge in [-0.15, -0.1) is 0 Å². The van der Waals surface area contributed by atoms with Gasteiger partial charge in [0.15, 0.2) is 0 Å². The Labute approximate surface area is 154 Å². The number of hydrogen-bond donors (Lipinski definition) is 0. The Morgan fingerprint density at radius 3 is 2.74 bits per heavy atom. The van der Waals surface area contributed by atoms with Gasteiger partial charge in [0.2, 0.25) is 0 Å². The minimum absolute atomic E-state index is 0.0280. The number of allylic oxidation sites excluding steroid dienone is 5. The molecule has 1 aromatic carbocycles. The van der Waals surface area contributed by atoms with Crippen molar-refractivity contribution < 1.29 is 22.9 Å². The van der Waals surface area contributed by atoms with Crippen molar-refractivity contribution in [3.63, 3.8) is 0 Å². The Morgan fingerprint density at radius 1 is 1.22 bits per heavy atom. The molecular weight excluding hydrogens is 462 g/mol. The summed E-state index contributed by atoms with van der Waals surface area (Å²) in [6.45, 7) is 9.57. The Kier molecular flexibility index (Phi) is 5.92. The van der Waals surface area contributed by atoms with E-state index in [1.165, 1.54) is 31.2 Å². The molecule has 3 rings (SSSR count). The maximum absolute atomic E-state index is 2.54. The van der Waals surface area contributed by atoms with Crippen molar-refractivity contribution in [2.75, 3.05) is 13.3 Å². The molecule has 0 aliphatic heterocycles. The summed E-state index contributed by atoms with van der Waals surface area (Å²) in [5.74, 6) is 0. The monoisotopic (exact) mass is 490 g/mol. The number of hydrogen-bond acceptors (Lipinski definition) is 0. The van der Waals surface area contributed by atoms with Crippen LogP contribution in [0.5, 0.6) is 0 Å². The average Bonchev–Trinajstić information content (AvgIpc) is 3.08. The first-order valence-electron chi connectivity index (χ1n) is 8.75. The fraction of sp³-hybridized carbons (Fsp3) is 0.429. The zero-order valence-electron chi connectivity index (χ0n) is 14.8. The summed E-state index contributed by atoms with van der Waals surface area (Å²) in [6, 6.07) is 9.14. The van der Waals surface area contributed by atoms with Crippen LogP contribution >= 0.6 is 7.92 Å². The molecule has 23 heavy (non-hydrogen) atoms. The summed E-state index contributed by atoms with van der Waals surface area (Å²) in [5, 5.41) is 1.77. The van der Waals surface area contributed by atoms with Crippen LogP contribution in [0.15, 0.2) is 50.1 Å². The standard InChI is InChI=1S/C11H12P.C10H15.Hf/c1-12(2)11-7-9-5-3-4-6-10(9)8-11;1-3-4-7-10-8-5-6-9(10)2;/h3-8H,1-2H3;8H,3-5,7H2,1-2H3;. The van der Waals surface area contributed by atoms with Gasteiger partial charge >= 0.3 is 155 Å². The molecule has 0 radical (unpaired) electrons. The molecule has 0 N–H and O–H groups in total. The summed E-state index contributed by atoms with van der Waals surface area (Å²) in [6.07, 6.45) is 10.3. The van der Waals surface area contributed by atoms with Crippen LogP contribution in [0.3, 0.4) is 0 Å². The number of unbranched alkanes of at least 4 members (excludes halogenated alkanes) is 1. The van der Waals surface area contributed by atoms with E-state index in [2.05, 4.69) is 63.6 Å². The minimum atomic E-state index is -0.856. The van der Waals surface area contributed by atoms with Crippen molar-refractivity contribution in [3.8, 4) is 0 Å². The molecule has 0 saturated heterocycles. The summed E-state index contributed by atoms with van der Waals surface area (Å²) in [4.78, 5) is 0. The van der Waals surface area contributed by atoms with E-state index in [0.717, 1.165) is 3.67 Å². The zero-order valence-corrected chi connectivity index (χ0v) is 19.3. The zero-order chi connectivity index (χ0) is 16.4. The van der Waals surface area contributed by atoms with E-state index in [9.17, 15) is 0 Å². The molecule has 2 aliphatic rings. The van der Waals surface area contributed by atoms with Crippen LogP contribution in [0.2, 0.25) is 0 Å². The first-order valence-corrected chi connectivity index (χ1v) is 14.9. The summed E-state index contributed by atoms with van der Waals surface area (Å²) >= 11 is -0.856. The van der Waals surface area contributed by atoms with Crippen molar-refractivity contribution in [3.05, 3.63) is 61.3 Å². The molecule has 0 heterocycles. The van der Waals surface area contributed by atoms with Gasteiger partial charge in [0, 0.05) is 0 Å². The number of benzene rings is 1. The van der Waals surface area contributed by atoms with Crippen LogP contribution in [0, 0.1) is 0 Å². The van der Waals surface area contributed by atoms with Gasteiger partial charge in [0.25, 0.3) is 0 Å². The Bertz CT molecular complexity index is 679. The molecule has 2 aliphatic carbocycles. The van der Waals surface area contributed by atoms with Gasteiger partial charge in [-0.25, -0.2) is 0 Å². The summed E-state index contributed by atoms with van der Waals surface area (Å²) in [5.41, 5.74) is 6.50. The van der Waals surface area contributed by atoms with Crippen LogP contribution < -0.4 is 0 Å². The van der Waals surface area contributed by atoms with Crippen LogP contribution in [0.4, 0.5) is 0 Å². The van der Waals surface area contributed by atoms with Crippen molar-refractivity contribution in [1.29, 1.82) is 0 Å². The fourth-order valence-corrected chi connectivity index (χ4v) is 13.7. The normalized spacial score (nSPS) is 20.0. The fourth-order valence-electron chi connectivity index (χ4n) is 3.57. The van der Waals surface area contributed by atoms with Gasteiger partial charge in [0.1, 0.15) is 0 Å². The molecule has 0 nitrogen and oxygen atoms in total. The van der Waals surface area contributed by atoms with Crippen LogP contribution in [0.1, 0.15) is 54.3 Å². The molecule has 2 heteroatoms. The topological polar surface area (TPSA) is 0 Å². The molecular formula is C21H27HfP. The first kappa shape index (κ1) is 17.6. The number of rotatable bonds is 6. The van der Waals surface area contributed by atoms with E-state index in [1.54, 1.807) is 22.0 Å². The second kappa shape index (κ2) is 7.75. The van der Waals surface area contributed by atoms with E-state index in [0.29, 0.717) is 0 Å². The Morgan fingerprint density at radius 2 is 2.00 bits per heavy atom. The molecule has 0 spiro atoms. The Balaban J connectivity index is 1.82. The van der Waals surface area contributed by atoms with Gasteiger partial charge in [-0.2, -0.15) is 0 Å². The van der Waals surface area contributed by atoms with E-state index in [1.807, 2.05) is 3.33 Å². The summed E-state index contributed by atoms with van der Waals surface area (Å²) in [7, 11) is 0.0280. The van der Waals surface area contributed by atoms with Gasteiger partial charge in [0.05, 0.1) is 0 Å². The molecule has 1 aromatic rings. The molecule has 120 valence electrons. The molecule has 0 aromatic heterocycles. The predicted molar refractivity (Wildman–Crippen MR) is 101 cm³/mol. The van der Waals surface area contributed by atoms with Gasteiger partial charge < -0.3 is 0 Å². The third-order valence-electron chi connectivity index (χ3n) is 5.03. The van der Waals surface area contributed by atoms with Crippen LogP contribution in [-0.4, -0.2) is 13.3 Å². The third-order valence-corrected chi connectivity index (χ3v) is 13.9. The van der Waals surface area contributed by atoms with E-state index < -0.39 is 22.9 Å². The van der Waals surface area contributed by atoms with Crippen molar-refractivity contribution in [2.24, 2.45) is 0 Å². The first-order chi connectivity index (χ1) is 11.1. The molecule has 1 atom stereocenters. The number of fused-ring (bicyclic) bond motifs is 1. The second-order valence-corrected chi connectivity index (χ2v) is 14.4. The predicted octanol–water partition coefficient (Wildman–Crippen LogP) is 6.70. The quantitative estimate of drug-likeness (QED) is 0.309. The van der Waals surface area contributed by atoms with E-state index in [4.69, 9.17) is 0 Å². The van der Waals surface area contributed by atoms with Crippen molar-refractivity contribution in [2.45, 2.75) is 43.2 Å². The maximum atomic E-state index is 2.54. The van der Waals surface area contributed by atoms with Crippen molar-refractivity contribution in [1.82, 2.24) is 0 Å². The average molecular weight is 489 g/mol. The molecule has 0 bridgehead atoms. The molecule has 0 fully saturated rings. The molecule has 0 amide bonds. The Hall–Kier alpha value is -0.260. The van der Waals surface area contributed by atoms with Crippen LogP contribution in [0.25, 0.3) is 6.08 Å². The molecule has 0 saturated carbocycles. The third kappa shape index (κ3) is 3.72. The van der Waals surface area contributed by atoms with E-state index in [-0.39, 0.29) is 7.92 Å². The molecule has 1 unspecified atom stereocenters. The van der Waals surface area contributed by atoms with E-state index >= 15 is 0 Å². The summed E-state index contributed by atoms with van der Waals surface area (Å²) < 4.78 is 2.69. The van der Waals surface area contributed by atoms with Gasteiger partial charge in [-0.3, -0.25) is 0 Å². The van der Waals surface area contributed by atoms with Crippen molar-refractivity contribution >= 4 is 14.0 Å².